The van der Waals surface area contributed by atoms with Crippen LogP contribution in [-0.4, -0.2) is 62.7 Å². The average Bonchev–Trinajstić information content (AvgIpc) is 3.33. The Morgan fingerprint density at radius 2 is 1.82 bits per heavy atom. The van der Waals surface area contributed by atoms with Crippen molar-refractivity contribution >= 4 is 22.9 Å². The second-order valence-corrected chi connectivity index (χ2v) is 11.5. The number of anilines is 1. The van der Waals surface area contributed by atoms with Crippen molar-refractivity contribution in [2.45, 2.75) is 95.9 Å². The second-order valence-electron chi connectivity index (χ2n) is 11.5. The lowest BCUT2D eigenvalue weighted by Crippen LogP contribution is -2.37. The molecular formula is C31H44N6O2. The number of hydrogen-bond donors (Lipinski definition) is 3. The van der Waals surface area contributed by atoms with Gasteiger partial charge in [-0.15, -0.1) is 0 Å². The number of rotatable bonds is 9. The second kappa shape index (κ2) is 12.5. The van der Waals surface area contributed by atoms with Crippen LogP contribution in [0, 0.1) is 0 Å². The summed E-state index contributed by atoms with van der Waals surface area (Å²) in [5, 5.41) is 17.9. The van der Waals surface area contributed by atoms with Crippen LogP contribution in [0.25, 0.3) is 11.0 Å². The number of aliphatic hydroxyl groups is 1. The van der Waals surface area contributed by atoms with Gasteiger partial charge in [-0.05, 0) is 88.1 Å². The third-order valence-electron chi connectivity index (χ3n) is 8.56. The van der Waals surface area contributed by atoms with Crippen LogP contribution < -0.4 is 10.6 Å². The van der Waals surface area contributed by atoms with Gasteiger partial charge in [0, 0.05) is 55.1 Å². The molecule has 3 aromatic rings. The van der Waals surface area contributed by atoms with Crippen molar-refractivity contribution < 1.29 is 9.90 Å². The van der Waals surface area contributed by atoms with E-state index in [1.165, 1.54) is 11.1 Å². The first-order valence-electron chi connectivity index (χ1n) is 14.8. The summed E-state index contributed by atoms with van der Waals surface area (Å²) in [6.07, 6.45) is 11.8. The monoisotopic (exact) mass is 532 g/mol. The van der Waals surface area contributed by atoms with Crippen molar-refractivity contribution in [1.29, 1.82) is 0 Å². The fourth-order valence-corrected chi connectivity index (χ4v) is 6.33. The Morgan fingerprint density at radius 3 is 2.49 bits per heavy atom. The minimum atomic E-state index is -0.189. The van der Waals surface area contributed by atoms with Crippen LogP contribution in [0.1, 0.15) is 98.7 Å². The molecule has 0 bridgehead atoms. The Bertz CT molecular complexity index is 1240. The number of aliphatic hydroxyl groups excluding tert-OH is 1. The van der Waals surface area contributed by atoms with Gasteiger partial charge in [0.25, 0.3) is 5.91 Å². The molecule has 210 valence electrons. The quantitative estimate of drug-likeness (QED) is 0.349. The first-order chi connectivity index (χ1) is 19.0. The van der Waals surface area contributed by atoms with Gasteiger partial charge in [0.1, 0.15) is 5.65 Å². The van der Waals surface area contributed by atoms with E-state index in [1.807, 2.05) is 42.4 Å². The maximum absolute atomic E-state index is 13.2. The predicted molar refractivity (Wildman–Crippen MR) is 156 cm³/mol. The Balaban J connectivity index is 1.34. The molecule has 3 N–H and O–H groups in total. The number of nitrogens with one attached hydrogen (secondary N) is 2. The van der Waals surface area contributed by atoms with Crippen LogP contribution >= 0.6 is 0 Å². The van der Waals surface area contributed by atoms with E-state index in [4.69, 9.17) is 9.97 Å². The van der Waals surface area contributed by atoms with Crippen molar-refractivity contribution in [2.24, 2.45) is 0 Å². The van der Waals surface area contributed by atoms with Gasteiger partial charge in [0.15, 0.2) is 0 Å². The predicted octanol–water partition coefficient (Wildman–Crippen LogP) is 5.25. The number of carbonyl (C=O) groups excluding carboxylic acids is 1. The lowest BCUT2D eigenvalue weighted by atomic mass is 9.89. The first-order valence-corrected chi connectivity index (χ1v) is 14.8. The Hall–Kier alpha value is -2.97. The minimum Gasteiger partial charge on any atom is -0.393 e. The first kappa shape index (κ1) is 27.6. The third-order valence-corrected chi connectivity index (χ3v) is 8.56. The summed E-state index contributed by atoms with van der Waals surface area (Å²) in [4.78, 5) is 24.9. The summed E-state index contributed by atoms with van der Waals surface area (Å²) in [7, 11) is 1.93. The molecule has 1 unspecified atom stereocenters. The molecule has 0 radical (unpaired) electrons. The summed E-state index contributed by atoms with van der Waals surface area (Å²) in [5.41, 5.74) is 4.23. The molecule has 8 heteroatoms. The molecule has 1 aliphatic carbocycles. The Labute approximate surface area is 232 Å². The van der Waals surface area contributed by atoms with Gasteiger partial charge < -0.3 is 25.2 Å². The molecule has 1 amide bonds. The van der Waals surface area contributed by atoms with Crippen molar-refractivity contribution in [3.63, 3.8) is 0 Å². The van der Waals surface area contributed by atoms with E-state index < -0.39 is 0 Å². The minimum absolute atomic E-state index is 0.118. The number of nitrogens with zero attached hydrogens (tertiary/aromatic N) is 4. The molecule has 1 atom stereocenters. The molecule has 3 heterocycles. The molecule has 2 fully saturated rings. The van der Waals surface area contributed by atoms with E-state index in [1.54, 1.807) is 0 Å². The highest BCUT2D eigenvalue weighted by atomic mass is 16.3. The highest BCUT2D eigenvalue weighted by Gasteiger charge is 2.29. The molecule has 2 aromatic heterocycles. The standard InChI is InChI=1S/C31H44N6O2/c1-4-5-21(2)34-31-33-19-27-28(20-37(29(27)35-31)25-10-12-26(38)13-11-25)23-14-16-36(17-15-23)30(39)24-8-6-22(7-9-24)18-32-3/h6-9,19-21,23,25-26,32,38H,4-5,10-18H2,1-3H3,(H,33,34,35). The fourth-order valence-electron chi connectivity index (χ4n) is 6.33. The van der Waals surface area contributed by atoms with Crippen LogP contribution in [0.4, 0.5) is 5.95 Å². The molecule has 39 heavy (non-hydrogen) atoms. The number of aromatic nitrogens is 3. The zero-order valence-corrected chi connectivity index (χ0v) is 23.7. The maximum atomic E-state index is 13.2. The molecule has 1 aromatic carbocycles. The van der Waals surface area contributed by atoms with Gasteiger partial charge >= 0.3 is 0 Å². The number of likely N-dealkylation sites (tertiary alicyclic amines) is 1. The van der Waals surface area contributed by atoms with Crippen LogP contribution in [0.5, 0.6) is 0 Å². The van der Waals surface area contributed by atoms with E-state index in [0.29, 0.717) is 23.9 Å². The summed E-state index contributed by atoms with van der Waals surface area (Å²) >= 11 is 0. The van der Waals surface area contributed by atoms with Crippen molar-refractivity contribution in [3.05, 3.63) is 53.3 Å². The summed E-state index contributed by atoms with van der Waals surface area (Å²) in [6.45, 7) is 6.67. The van der Waals surface area contributed by atoms with Crippen LogP contribution in [0.2, 0.25) is 0 Å². The lowest BCUT2D eigenvalue weighted by molar-refractivity contribution is 0.0713. The zero-order valence-electron chi connectivity index (χ0n) is 23.7. The molecule has 0 spiro atoms. The zero-order chi connectivity index (χ0) is 27.4. The van der Waals surface area contributed by atoms with Gasteiger partial charge in [0.05, 0.1) is 6.10 Å². The lowest BCUT2D eigenvalue weighted by Gasteiger charge is -2.32. The molecular weight excluding hydrogens is 488 g/mol. The van der Waals surface area contributed by atoms with Crippen LogP contribution in [0.3, 0.4) is 0 Å². The van der Waals surface area contributed by atoms with Crippen LogP contribution in [0.15, 0.2) is 36.7 Å². The average molecular weight is 533 g/mol. The summed E-state index contributed by atoms with van der Waals surface area (Å²) < 4.78 is 2.36. The van der Waals surface area contributed by atoms with E-state index in [9.17, 15) is 9.90 Å². The number of carbonyl (C=O) groups is 1. The Morgan fingerprint density at radius 1 is 1.10 bits per heavy atom. The fraction of sp³-hybridized carbons (Fsp3) is 0.581. The van der Waals surface area contributed by atoms with E-state index in [-0.39, 0.29) is 12.0 Å². The molecule has 2 aliphatic rings. The molecule has 1 saturated heterocycles. The maximum Gasteiger partial charge on any atom is 0.253 e. The van der Waals surface area contributed by atoms with Gasteiger partial charge in [-0.2, -0.15) is 4.98 Å². The normalized spacial score (nSPS) is 21.3. The third kappa shape index (κ3) is 6.28. The van der Waals surface area contributed by atoms with Gasteiger partial charge in [-0.1, -0.05) is 25.5 Å². The van der Waals surface area contributed by atoms with Crippen molar-refractivity contribution in [1.82, 2.24) is 24.8 Å². The largest absolute Gasteiger partial charge is 0.393 e. The van der Waals surface area contributed by atoms with Crippen molar-refractivity contribution in [2.75, 3.05) is 25.5 Å². The number of hydrogen-bond acceptors (Lipinski definition) is 6. The summed E-state index contributed by atoms with van der Waals surface area (Å²) in [6, 6.07) is 8.61. The van der Waals surface area contributed by atoms with Gasteiger partial charge in [0.2, 0.25) is 5.95 Å². The highest BCUT2D eigenvalue weighted by Crippen LogP contribution is 2.38. The molecule has 8 nitrogen and oxygen atoms in total. The number of amides is 1. The van der Waals surface area contributed by atoms with Crippen molar-refractivity contribution in [3.8, 4) is 0 Å². The Kier molecular flexibility index (Phi) is 8.82. The summed E-state index contributed by atoms with van der Waals surface area (Å²) in [5.74, 6) is 1.17. The van der Waals surface area contributed by atoms with E-state index >= 15 is 0 Å². The SMILES string of the molecule is CCCC(C)Nc1ncc2c(C3CCN(C(=O)c4ccc(CNC)cc4)CC3)cn(C3CCC(O)CC3)c2n1. The number of piperidine rings is 1. The molecule has 1 saturated carbocycles. The molecule has 1 aliphatic heterocycles. The highest BCUT2D eigenvalue weighted by molar-refractivity contribution is 5.94. The smallest absolute Gasteiger partial charge is 0.253 e. The van der Waals surface area contributed by atoms with Gasteiger partial charge in [-0.3, -0.25) is 4.79 Å². The number of fused-ring (bicyclic) bond motifs is 1. The number of benzene rings is 1. The topological polar surface area (TPSA) is 95.3 Å². The van der Waals surface area contributed by atoms with E-state index in [0.717, 1.165) is 87.6 Å². The molecule has 5 rings (SSSR count). The van der Waals surface area contributed by atoms with Gasteiger partial charge in [-0.25, -0.2) is 4.98 Å². The van der Waals surface area contributed by atoms with Crippen LogP contribution in [-0.2, 0) is 6.54 Å². The van der Waals surface area contributed by atoms with E-state index in [2.05, 4.69) is 35.2 Å².